The average molecular weight is 380 g/mol. The molecule has 6 heteroatoms. The summed E-state index contributed by atoms with van der Waals surface area (Å²) in [6.07, 6.45) is 8.43. The number of hydrogen-bond donors (Lipinski definition) is 2. The number of pyridine rings is 1. The molecule has 0 radical (unpaired) electrons. The van der Waals surface area contributed by atoms with Crippen LogP contribution in [0.1, 0.15) is 31.2 Å². The smallest absolute Gasteiger partial charge is 0.225 e. The zero-order valence-corrected chi connectivity index (χ0v) is 16.0. The summed E-state index contributed by atoms with van der Waals surface area (Å²) in [5.41, 5.74) is 3.77. The molecule has 2 aromatic heterocycles. The Hall–Kier alpha value is -2.66. The fourth-order valence-corrected chi connectivity index (χ4v) is 3.48. The van der Waals surface area contributed by atoms with E-state index in [4.69, 9.17) is 16.6 Å². The van der Waals surface area contributed by atoms with Gasteiger partial charge < -0.3 is 10.6 Å². The molecule has 0 aliphatic heterocycles. The average Bonchev–Trinajstić information content (AvgIpc) is 3.18. The van der Waals surface area contributed by atoms with E-state index in [1.807, 2.05) is 49.5 Å². The van der Waals surface area contributed by atoms with Gasteiger partial charge in [-0.1, -0.05) is 24.4 Å². The number of hydrogen-bond acceptors (Lipinski definition) is 5. The fraction of sp³-hybridized carbons (Fsp3) is 0.286. The first-order chi connectivity index (χ1) is 13.2. The molecule has 4 rings (SSSR count). The second-order valence-electron chi connectivity index (χ2n) is 6.92. The number of halogens is 1. The molecule has 1 aliphatic carbocycles. The van der Waals surface area contributed by atoms with Gasteiger partial charge in [0, 0.05) is 40.8 Å². The SMILES string of the molecule is Cc1cc(Nc2cc(-c3cccnc3)nc(NC3CCCC3)n2)ccc1Cl. The lowest BCUT2D eigenvalue weighted by Crippen LogP contribution is -2.17. The molecule has 0 saturated heterocycles. The molecule has 3 aromatic rings. The van der Waals surface area contributed by atoms with E-state index in [9.17, 15) is 0 Å². The Labute approximate surface area is 164 Å². The van der Waals surface area contributed by atoms with Crippen LogP contribution in [-0.2, 0) is 0 Å². The van der Waals surface area contributed by atoms with Gasteiger partial charge in [-0.3, -0.25) is 4.98 Å². The molecule has 0 atom stereocenters. The molecule has 1 saturated carbocycles. The van der Waals surface area contributed by atoms with E-state index in [-0.39, 0.29) is 0 Å². The van der Waals surface area contributed by atoms with Crippen LogP contribution >= 0.6 is 11.6 Å². The first-order valence-corrected chi connectivity index (χ1v) is 9.64. The predicted molar refractivity (Wildman–Crippen MR) is 111 cm³/mol. The molecule has 5 nitrogen and oxygen atoms in total. The van der Waals surface area contributed by atoms with Gasteiger partial charge in [0.25, 0.3) is 0 Å². The standard InChI is InChI=1S/C21H22ClN5/c1-14-11-17(8-9-18(14)22)24-20-12-19(15-5-4-10-23-13-15)26-21(27-20)25-16-6-2-3-7-16/h4-5,8-13,16H,2-3,6-7H2,1H3,(H2,24,25,26,27). The Morgan fingerprint density at radius 3 is 2.67 bits per heavy atom. The molecule has 0 bridgehead atoms. The zero-order valence-electron chi connectivity index (χ0n) is 15.2. The van der Waals surface area contributed by atoms with Gasteiger partial charge in [0.2, 0.25) is 5.95 Å². The van der Waals surface area contributed by atoms with Gasteiger partial charge in [-0.05, 0) is 55.7 Å². The highest BCUT2D eigenvalue weighted by Crippen LogP contribution is 2.27. The van der Waals surface area contributed by atoms with Crippen molar-refractivity contribution in [2.24, 2.45) is 0 Å². The third-order valence-electron chi connectivity index (χ3n) is 4.80. The third-order valence-corrected chi connectivity index (χ3v) is 5.23. The lowest BCUT2D eigenvalue weighted by molar-refractivity contribution is 0.744. The maximum atomic E-state index is 6.14. The number of nitrogens with one attached hydrogen (secondary N) is 2. The Kier molecular flexibility index (Phi) is 5.21. The van der Waals surface area contributed by atoms with Gasteiger partial charge in [0.05, 0.1) is 5.69 Å². The monoisotopic (exact) mass is 379 g/mol. The minimum atomic E-state index is 0.444. The molecule has 1 aliphatic rings. The fourth-order valence-electron chi connectivity index (χ4n) is 3.36. The van der Waals surface area contributed by atoms with E-state index in [0.717, 1.165) is 33.3 Å². The van der Waals surface area contributed by atoms with Crippen molar-refractivity contribution in [2.75, 3.05) is 10.6 Å². The summed E-state index contributed by atoms with van der Waals surface area (Å²) in [5.74, 6) is 1.39. The summed E-state index contributed by atoms with van der Waals surface area (Å²) in [4.78, 5) is 13.6. The van der Waals surface area contributed by atoms with E-state index >= 15 is 0 Å². The van der Waals surface area contributed by atoms with Gasteiger partial charge in [0.15, 0.2) is 0 Å². The maximum absolute atomic E-state index is 6.14. The minimum absolute atomic E-state index is 0.444. The molecule has 0 unspecified atom stereocenters. The quantitative estimate of drug-likeness (QED) is 0.604. The summed E-state index contributed by atoms with van der Waals surface area (Å²) in [7, 11) is 0. The third kappa shape index (κ3) is 4.37. The molecule has 27 heavy (non-hydrogen) atoms. The van der Waals surface area contributed by atoms with Crippen molar-refractivity contribution in [3.63, 3.8) is 0 Å². The molecular formula is C21H22ClN5. The number of aromatic nitrogens is 3. The van der Waals surface area contributed by atoms with Crippen LogP contribution in [0, 0.1) is 6.92 Å². The van der Waals surface area contributed by atoms with Gasteiger partial charge in [-0.25, -0.2) is 4.98 Å². The molecule has 138 valence electrons. The minimum Gasteiger partial charge on any atom is -0.351 e. The first-order valence-electron chi connectivity index (χ1n) is 9.26. The predicted octanol–water partition coefficient (Wildman–Crippen LogP) is 5.60. The van der Waals surface area contributed by atoms with Crippen molar-refractivity contribution < 1.29 is 0 Å². The van der Waals surface area contributed by atoms with E-state index in [2.05, 4.69) is 20.6 Å². The Bertz CT molecular complexity index is 923. The zero-order chi connectivity index (χ0) is 18.6. The highest BCUT2D eigenvalue weighted by atomic mass is 35.5. The molecule has 2 heterocycles. The van der Waals surface area contributed by atoms with Crippen LogP contribution in [0.15, 0.2) is 48.8 Å². The van der Waals surface area contributed by atoms with Crippen LogP contribution in [0.25, 0.3) is 11.3 Å². The largest absolute Gasteiger partial charge is 0.351 e. The molecule has 1 fully saturated rings. The first kappa shape index (κ1) is 17.7. The van der Waals surface area contributed by atoms with Crippen LogP contribution in [0.4, 0.5) is 17.5 Å². The summed E-state index contributed by atoms with van der Waals surface area (Å²) in [5, 5.41) is 7.62. The second kappa shape index (κ2) is 7.92. The lowest BCUT2D eigenvalue weighted by Gasteiger charge is -2.15. The molecular weight excluding hydrogens is 358 g/mol. The number of anilines is 3. The van der Waals surface area contributed by atoms with Crippen LogP contribution in [0.3, 0.4) is 0 Å². The van der Waals surface area contributed by atoms with Gasteiger partial charge in [-0.2, -0.15) is 4.98 Å². The van der Waals surface area contributed by atoms with Crippen LogP contribution in [0.5, 0.6) is 0 Å². The van der Waals surface area contributed by atoms with Crippen molar-refractivity contribution in [1.82, 2.24) is 15.0 Å². The number of benzene rings is 1. The molecule has 0 spiro atoms. The summed E-state index contributed by atoms with van der Waals surface area (Å²) in [6.45, 7) is 1.99. The molecule has 0 amide bonds. The van der Waals surface area contributed by atoms with Crippen molar-refractivity contribution in [1.29, 1.82) is 0 Å². The molecule has 2 N–H and O–H groups in total. The van der Waals surface area contributed by atoms with E-state index in [1.165, 1.54) is 25.7 Å². The highest BCUT2D eigenvalue weighted by Gasteiger charge is 2.17. The van der Waals surface area contributed by atoms with Gasteiger partial charge >= 0.3 is 0 Å². The summed E-state index contributed by atoms with van der Waals surface area (Å²) in [6, 6.07) is 12.2. The van der Waals surface area contributed by atoms with E-state index in [0.29, 0.717) is 12.0 Å². The summed E-state index contributed by atoms with van der Waals surface area (Å²) < 4.78 is 0. The lowest BCUT2D eigenvalue weighted by atomic mass is 10.2. The van der Waals surface area contributed by atoms with Crippen molar-refractivity contribution in [3.05, 3.63) is 59.4 Å². The number of rotatable bonds is 5. The van der Waals surface area contributed by atoms with Crippen molar-refractivity contribution >= 4 is 29.1 Å². The van der Waals surface area contributed by atoms with Crippen molar-refractivity contribution in [3.8, 4) is 11.3 Å². The normalized spacial score (nSPS) is 14.3. The number of nitrogens with zero attached hydrogens (tertiary/aromatic N) is 3. The van der Waals surface area contributed by atoms with E-state index in [1.54, 1.807) is 6.20 Å². The van der Waals surface area contributed by atoms with Gasteiger partial charge in [0.1, 0.15) is 5.82 Å². The topological polar surface area (TPSA) is 62.7 Å². The van der Waals surface area contributed by atoms with E-state index < -0.39 is 0 Å². The van der Waals surface area contributed by atoms with Crippen molar-refractivity contribution in [2.45, 2.75) is 38.6 Å². The molecule has 1 aromatic carbocycles. The van der Waals surface area contributed by atoms with Crippen LogP contribution in [0.2, 0.25) is 5.02 Å². The second-order valence-corrected chi connectivity index (χ2v) is 7.33. The number of aryl methyl sites for hydroxylation is 1. The Morgan fingerprint density at radius 2 is 1.93 bits per heavy atom. The Balaban J connectivity index is 1.67. The maximum Gasteiger partial charge on any atom is 0.225 e. The highest BCUT2D eigenvalue weighted by molar-refractivity contribution is 6.31. The van der Waals surface area contributed by atoms with Gasteiger partial charge in [-0.15, -0.1) is 0 Å². The van der Waals surface area contributed by atoms with Crippen LogP contribution in [-0.4, -0.2) is 21.0 Å². The summed E-state index contributed by atoms with van der Waals surface area (Å²) >= 11 is 6.14. The van der Waals surface area contributed by atoms with Crippen LogP contribution < -0.4 is 10.6 Å². The Morgan fingerprint density at radius 1 is 1.07 bits per heavy atom.